The monoisotopic (exact) mass is 609 g/mol. The molecule has 3 aromatic rings. The van der Waals surface area contributed by atoms with Crippen LogP contribution in [-0.4, -0.2) is 60.6 Å². The van der Waals surface area contributed by atoms with E-state index in [2.05, 4.69) is 37.1 Å². The Hall–Kier alpha value is -4.55. The number of nitrogens with two attached hydrogens (primary N) is 1. The minimum atomic E-state index is -1.31. The Morgan fingerprint density at radius 3 is 2.20 bits per heavy atom. The number of carboxylic acids is 2. The summed E-state index contributed by atoms with van der Waals surface area (Å²) in [5.74, 6) is -3.08. The Balaban J connectivity index is 1.68. The highest BCUT2D eigenvalue weighted by molar-refractivity contribution is 5.97. The van der Waals surface area contributed by atoms with Gasteiger partial charge >= 0.3 is 17.5 Å². The molecular weight excluding hydrogens is 566 g/mol. The number of unbranched alkanes of at least 4 members (excludes halogenated alkanes) is 9. The molecule has 1 atom stereocenters. The molecule has 2 aromatic heterocycles. The summed E-state index contributed by atoms with van der Waals surface area (Å²) in [4.78, 5) is 64.7. The van der Waals surface area contributed by atoms with Gasteiger partial charge in [0.2, 0.25) is 5.95 Å². The molecule has 0 saturated heterocycles. The molecule has 0 aliphatic carbocycles. The number of nitrogen functional groups attached to an aromatic ring is 1. The quantitative estimate of drug-likeness (QED) is 0.114. The molecule has 238 valence electrons. The van der Waals surface area contributed by atoms with E-state index in [1.165, 1.54) is 44.9 Å². The van der Waals surface area contributed by atoms with Crippen LogP contribution in [0.4, 0.5) is 11.6 Å². The molecule has 0 unspecified atom stereocenters. The Morgan fingerprint density at radius 2 is 1.59 bits per heavy atom. The maximum atomic E-state index is 12.7. The fourth-order valence-corrected chi connectivity index (χ4v) is 4.93. The molecule has 44 heavy (non-hydrogen) atoms. The predicted molar refractivity (Wildman–Crippen MR) is 167 cm³/mol. The lowest BCUT2D eigenvalue weighted by molar-refractivity contribution is -0.140. The molecule has 2 heterocycles. The number of amides is 1. The first-order valence-electron chi connectivity index (χ1n) is 15.3. The minimum absolute atomic E-state index is 0.0344. The third kappa shape index (κ3) is 10.9. The third-order valence-electron chi connectivity index (χ3n) is 7.37. The van der Waals surface area contributed by atoms with Crippen molar-refractivity contribution in [1.29, 1.82) is 0 Å². The van der Waals surface area contributed by atoms with Gasteiger partial charge in [0, 0.05) is 24.2 Å². The van der Waals surface area contributed by atoms with Crippen LogP contribution in [0, 0.1) is 0 Å². The molecule has 1 amide bonds. The van der Waals surface area contributed by atoms with Crippen LogP contribution in [0.2, 0.25) is 0 Å². The summed E-state index contributed by atoms with van der Waals surface area (Å²) >= 11 is 0. The Kier molecular flexibility index (Phi) is 13.5. The molecule has 0 bridgehead atoms. The third-order valence-corrected chi connectivity index (χ3v) is 7.37. The summed E-state index contributed by atoms with van der Waals surface area (Å²) in [5, 5.41) is 20.6. The van der Waals surface area contributed by atoms with Crippen molar-refractivity contribution in [2.24, 2.45) is 0 Å². The smallest absolute Gasteiger partial charge is 0.326 e. The van der Waals surface area contributed by atoms with Crippen LogP contribution in [0.15, 0.2) is 35.3 Å². The number of rotatable bonds is 20. The predicted octanol–water partition coefficient (Wildman–Crippen LogP) is 4.27. The highest BCUT2D eigenvalue weighted by atomic mass is 16.4. The van der Waals surface area contributed by atoms with Crippen molar-refractivity contribution in [3.8, 4) is 0 Å². The van der Waals surface area contributed by atoms with Crippen LogP contribution in [0.25, 0.3) is 11.2 Å². The number of H-pyrrole nitrogens is 1. The summed E-state index contributed by atoms with van der Waals surface area (Å²) < 4.78 is 0. The van der Waals surface area contributed by atoms with E-state index in [0.29, 0.717) is 18.8 Å². The number of fused-ring (bicyclic) bond motifs is 1. The van der Waals surface area contributed by atoms with Crippen LogP contribution in [0.1, 0.15) is 100 Å². The number of anilines is 2. The topological polar surface area (TPSA) is 204 Å². The van der Waals surface area contributed by atoms with Crippen molar-refractivity contribution in [3.05, 3.63) is 52.1 Å². The normalized spacial score (nSPS) is 11.8. The van der Waals surface area contributed by atoms with E-state index in [9.17, 15) is 24.3 Å². The van der Waals surface area contributed by atoms with Crippen LogP contribution < -0.4 is 21.5 Å². The van der Waals surface area contributed by atoms with Crippen molar-refractivity contribution in [1.82, 2.24) is 25.3 Å². The first-order chi connectivity index (χ1) is 21.2. The number of nitrogens with zero attached hydrogens (tertiary/aromatic N) is 4. The zero-order chi connectivity index (χ0) is 31.9. The van der Waals surface area contributed by atoms with E-state index in [0.717, 1.165) is 24.9 Å². The second-order valence-electron chi connectivity index (χ2n) is 10.9. The first kappa shape index (κ1) is 33.9. The van der Waals surface area contributed by atoms with Crippen LogP contribution in [0.3, 0.4) is 0 Å². The Labute approximate surface area is 256 Å². The van der Waals surface area contributed by atoms with Crippen molar-refractivity contribution >= 4 is 40.6 Å². The number of hydrogen-bond donors (Lipinski definition) is 5. The standard InChI is InChI=1S/C31H43N7O6/c1-2-3-4-5-6-7-8-9-10-11-18-38(20-22-19-33-27-26(34-22)29(42)37-31(32)36-27)23-14-12-21(13-15-23)28(41)35-24(30(43)44)16-17-25(39)40/h12-15,19,24H,2-11,16-18,20H2,1H3,(H,35,41)(H,39,40)(H,43,44)(H3,32,33,36,37,42)/t24-/m0/s1. The molecule has 13 heteroatoms. The SMILES string of the molecule is CCCCCCCCCCCCN(Cc1cnc2[nH]c(N)nc(=O)c2n1)c1ccc(C(=O)N[C@@H](CCC(=O)O)C(=O)O)cc1. The van der Waals surface area contributed by atoms with Crippen molar-refractivity contribution in [2.75, 3.05) is 17.2 Å². The van der Waals surface area contributed by atoms with Gasteiger partial charge in [-0.15, -0.1) is 0 Å². The lowest BCUT2D eigenvalue weighted by Gasteiger charge is -2.25. The van der Waals surface area contributed by atoms with Gasteiger partial charge in [0.15, 0.2) is 11.2 Å². The van der Waals surface area contributed by atoms with Crippen molar-refractivity contribution < 1.29 is 24.6 Å². The molecule has 0 aliphatic rings. The number of aromatic nitrogens is 4. The minimum Gasteiger partial charge on any atom is -0.481 e. The van der Waals surface area contributed by atoms with Gasteiger partial charge in [-0.2, -0.15) is 4.98 Å². The molecule has 0 saturated carbocycles. The van der Waals surface area contributed by atoms with Crippen molar-refractivity contribution in [3.63, 3.8) is 0 Å². The van der Waals surface area contributed by atoms with E-state index >= 15 is 0 Å². The maximum absolute atomic E-state index is 12.7. The lowest BCUT2D eigenvalue weighted by Crippen LogP contribution is -2.41. The summed E-state index contributed by atoms with van der Waals surface area (Å²) in [5.41, 5.74) is 7.03. The van der Waals surface area contributed by atoms with E-state index in [1.54, 1.807) is 30.5 Å². The fourth-order valence-electron chi connectivity index (χ4n) is 4.93. The maximum Gasteiger partial charge on any atom is 0.326 e. The molecule has 1 aromatic carbocycles. The second-order valence-corrected chi connectivity index (χ2v) is 10.9. The van der Waals surface area contributed by atoms with Gasteiger partial charge in [-0.25, -0.2) is 14.8 Å². The second kappa shape index (κ2) is 17.5. The van der Waals surface area contributed by atoms with E-state index in [-0.39, 0.29) is 35.5 Å². The van der Waals surface area contributed by atoms with Gasteiger partial charge < -0.3 is 31.1 Å². The summed E-state index contributed by atoms with van der Waals surface area (Å²) in [6.45, 7) is 3.28. The first-order valence-corrected chi connectivity index (χ1v) is 15.3. The van der Waals surface area contributed by atoms with Crippen LogP contribution in [0.5, 0.6) is 0 Å². The van der Waals surface area contributed by atoms with Crippen LogP contribution in [-0.2, 0) is 16.1 Å². The Morgan fingerprint density at radius 1 is 0.955 bits per heavy atom. The van der Waals surface area contributed by atoms with Gasteiger partial charge in [-0.1, -0.05) is 64.7 Å². The fraction of sp³-hybridized carbons (Fsp3) is 0.516. The summed E-state index contributed by atoms with van der Waals surface area (Å²) in [6.07, 6.45) is 13.0. The average molecular weight is 610 g/mol. The van der Waals surface area contributed by atoms with Gasteiger partial charge in [0.25, 0.3) is 5.91 Å². The molecule has 0 fully saturated rings. The molecule has 0 radical (unpaired) electrons. The molecule has 6 N–H and O–H groups in total. The number of nitrogens with one attached hydrogen (secondary N) is 2. The number of carbonyl (C=O) groups excluding carboxylic acids is 1. The average Bonchev–Trinajstić information content (AvgIpc) is 2.99. The molecule has 0 spiro atoms. The number of aliphatic carboxylic acids is 2. The molecule has 0 aliphatic heterocycles. The summed E-state index contributed by atoms with van der Waals surface area (Å²) in [6, 6.07) is 5.40. The zero-order valence-corrected chi connectivity index (χ0v) is 25.3. The van der Waals surface area contributed by atoms with Gasteiger partial charge in [0.1, 0.15) is 6.04 Å². The number of carboxylic acid groups (broad SMARTS) is 2. The van der Waals surface area contributed by atoms with Gasteiger partial charge in [-0.3, -0.25) is 14.4 Å². The largest absolute Gasteiger partial charge is 0.481 e. The van der Waals surface area contributed by atoms with E-state index in [1.807, 2.05) is 0 Å². The highest BCUT2D eigenvalue weighted by Gasteiger charge is 2.22. The Bertz CT molecular complexity index is 1440. The van der Waals surface area contributed by atoms with Gasteiger partial charge in [0.05, 0.1) is 18.4 Å². The zero-order valence-electron chi connectivity index (χ0n) is 25.3. The number of carbonyl (C=O) groups is 3. The number of aromatic amines is 1. The van der Waals surface area contributed by atoms with E-state index < -0.39 is 29.4 Å². The van der Waals surface area contributed by atoms with E-state index in [4.69, 9.17) is 10.8 Å². The molecule has 13 nitrogen and oxygen atoms in total. The van der Waals surface area contributed by atoms with Gasteiger partial charge in [-0.05, 0) is 37.1 Å². The molecular formula is C31H43N7O6. The molecule has 3 rings (SSSR count). The van der Waals surface area contributed by atoms with Crippen LogP contribution >= 0.6 is 0 Å². The highest BCUT2D eigenvalue weighted by Crippen LogP contribution is 2.20. The summed E-state index contributed by atoms with van der Waals surface area (Å²) in [7, 11) is 0. The number of benzene rings is 1. The number of hydrogen-bond acceptors (Lipinski definition) is 9. The van der Waals surface area contributed by atoms with Crippen molar-refractivity contribution in [2.45, 2.75) is 96.6 Å². The lowest BCUT2D eigenvalue weighted by atomic mass is 10.1.